The Bertz CT molecular complexity index is 483. The normalized spacial score (nSPS) is 21.2. The minimum absolute atomic E-state index is 0.0447. The minimum Gasteiger partial charge on any atom is -0.481 e. The van der Waals surface area contributed by atoms with Crippen molar-refractivity contribution in [3.05, 3.63) is 18.0 Å². The zero-order valence-electron chi connectivity index (χ0n) is 11.2. The van der Waals surface area contributed by atoms with E-state index in [0.717, 1.165) is 24.8 Å². The molecule has 1 aliphatic rings. The summed E-state index contributed by atoms with van der Waals surface area (Å²) in [5.41, 5.74) is 0.980. The third-order valence-corrected chi connectivity index (χ3v) is 3.64. The van der Waals surface area contributed by atoms with Crippen molar-refractivity contribution in [2.45, 2.75) is 32.2 Å². The van der Waals surface area contributed by atoms with E-state index < -0.39 is 11.9 Å². The Labute approximate surface area is 112 Å². The van der Waals surface area contributed by atoms with E-state index in [-0.39, 0.29) is 11.9 Å². The summed E-state index contributed by atoms with van der Waals surface area (Å²) in [4.78, 5) is 24.9. The fourth-order valence-corrected chi connectivity index (χ4v) is 2.51. The van der Waals surface area contributed by atoms with Gasteiger partial charge in [0.05, 0.1) is 12.2 Å². The van der Waals surface area contributed by atoms with Crippen LogP contribution in [0.4, 0.5) is 0 Å². The number of hydrogen-bond donors (Lipinski definition) is 1. The molecule has 0 bridgehead atoms. The summed E-state index contributed by atoms with van der Waals surface area (Å²) in [6, 6.07) is -0.0447. The molecule has 1 aromatic heterocycles. The van der Waals surface area contributed by atoms with E-state index in [2.05, 4.69) is 5.10 Å². The van der Waals surface area contributed by atoms with Gasteiger partial charge in [-0.25, -0.2) is 0 Å². The minimum atomic E-state index is -1.07. The molecule has 1 amide bonds. The van der Waals surface area contributed by atoms with Crippen molar-refractivity contribution < 1.29 is 14.7 Å². The van der Waals surface area contributed by atoms with Crippen LogP contribution in [0, 0.1) is 5.92 Å². The zero-order chi connectivity index (χ0) is 14.0. The van der Waals surface area contributed by atoms with E-state index in [1.54, 1.807) is 15.8 Å². The number of piperidine rings is 1. The molecular weight excluding hydrogens is 246 g/mol. The largest absolute Gasteiger partial charge is 0.481 e. The highest BCUT2D eigenvalue weighted by molar-refractivity contribution is 5.96. The molecule has 1 aliphatic heterocycles. The molecule has 6 heteroatoms. The van der Waals surface area contributed by atoms with Gasteiger partial charge in [-0.1, -0.05) is 0 Å². The molecule has 104 valence electrons. The molecule has 0 spiro atoms. The number of carbonyl (C=O) groups excluding carboxylic acids is 1. The first-order valence-corrected chi connectivity index (χ1v) is 6.52. The van der Waals surface area contributed by atoms with Crippen LogP contribution in [-0.2, 0) is 16.6 Å². The second-order valence-electron chi connectivity index (χ2n) is 5.05. The van der Waals surface area contributed by atoms with Gasteiger partial charge >= 0.3 is 5.97 Å². The lowest BCUT2D eigenvalue weighted by Crippen LogP contribution is -2.43. The molecule has 0 radical (unpaired) electrons. The predicted octanol–water partition coefficient (Wildman–Crippen LogP) is 1.19. The Balaban J connectivity index is 2.21. The van der Waals surface area contributed by atoms with Gasteiger partial charge in [0.15, 0.2) is 0 Å². The molecule has 1 N–H and O–H groups in total. The average Bonchev–Trinajstić information content (AvgIpc) is 2.83. The van der Waals surface area contributed by atoms with Gasteiger partial charge in [-0.05, 0) is 26.2 Å². The highest BCUT2D eigenvalue weighted by Gasteiger charge is 2.33. The Morgan fingerprint density at radius 2 is 2.21 bits per heavy atom. The Morgan fingerprint density at radius 1 is 1.47 bits per heavy atom. The Hall–Kier alpha value is -1.85. The monoisotopic (exact) mass is 265 g/mol. The lowest BCUT2D eigenvalue weighted by Gasteiger charge is -2.36. The summed E-state index contributed by atoms with van der Waals surface area (Å²) in [5.74, 6) is -2.36. The SMILES string of the molecule is CC(C(=O)O)C(=O)N1CCCCC1c1cnn(C)c1. The number of aromatic nitrogens is 2. The van der Waals surface area contributed by atoms with E-state index >= 15 is 0 Å². The first-order valence-electron chi connectivity index (χ1n) is 6.52. The maximum Gasteiger partial charge on any atom is 0.315 e. The van der Waals surface area contributed by atoms with Crippen molar-refractivity contribution in [2.24, 2.45) is 13.0 Å². The van der Waals surface area contributed by atoms with E-state index in [1.165, 1.54) is 6.92 Å². The molecule has 0 aliphatic carbocycles. The first kappa shape index (κ1) is 13.6. The number of carboxylic acids is 1. The number of amides is 1. The van der Waals surface area contributed by atoms with Gasteiger partial charge in [0.1, 0.15) is 5.92 Å². The van der Waals surface area contributed by atoms with Crippen LogP contribution < -0.4 is 0 Å². The molecule has 2 atom stereocenters. The number of carboxylic acid groups (broad SMARTS) is 1. The van der Waals surface area contributed by atoms with Gasteiger partial charge in [0.25, 0.3) is 0 Å². The lowest BCUT2D eigenvalue weighted by atomic mass is 9.95. The molecule has 1 fully saturated rings. The second-order valence-corrected chi connectivity index (χ2v) is 5.05. The number of aliphatic carboxylic acids is 1. The van der Waals surface area contributed by atoms with E-state index in [1.807, 2.05) is 13.2 Å². The molecule has 0 saturated carbocycles. The smallest absolute Gasteiger partial charge is 0.315 e. The van der Waals surface area contributed by atoms with Crippen molar-refractivity contribution >= 4 is 11.9 Å². The summed E-state index contributed by atoms with van der Waals surface area (Å²) >= 11 is 0. The first-order chi connectivity index (χ1) is 9.00. The predicted molar refractivity (Wildman–Crippen MR) is 68.3 cm³/mol. The highest BCUT2D eigenvalue weighted by Crippen LogP contribution is 2.31. The third kappa shape index (κ3) is 2.77. The van der Waals surface area contributed by atoms with E-state index in [0.29, 0.717) is 6.54 Å². The summed E-state index contributed by atoms with van der Waals surface area (Å²) in [6.07, 6.45) is 6.48. The number of carbonyl (C=O) groups is 2. The van der Waals surface area contributed by atoms with Gasteiger partial charge in [-0.15, -0.1) is 0 Å². The molecule has 6 nitrogen and oxygen atoms in total. The van der Waals surface area contributed by atoms with Crippen molar-refractivity contribution in [3.63, 3.8) is 0 Å². The topological polar surface area (TPSA) is 75.4 Å². The van der Waals surface area contributed by atoms with E-state index in [4.69, 9.17) is 5.11 Å². The van der Waals surface area contributed by atoms with Crippen molar-refractivity contribution in [1.29, 1.82) is 0 Å². The number of nitrogens with zero attached hydrogens (tertiary/aromatic N) is 3. The van der Waals surface area contributed by atoms with Crippen LogP contribution in [0.3, 0.4) is 0 Å². The van der Waals surface area contributed by atoms with Gasteiger partial charge in [-0.3, -0.25) is 14.3 Å². The standard InChI is InChI=1S/C13H19N3O3/c1-9(13(18)19)12(17)16-6-4-3-5-11(16)10-7-14-15(2)8-10/h7-9,11H,3-6H2,1-2H3,(H,18,19). The van der Waals surface area contributed by atoms with Crippen LogP contribution >= 0.6 is 0 Å². The Morgan fingerprint density at radius 3 is 2.79 bits per heavy atom. The van der Waals surface area contributed by atoms with Crippen molar-refractivity contribution in [3.8, 4) is 0 Å². The van der Waals surface area contributed by atoms with Crippen LogP contribution in [0.1, 0.15) is 37.8 Å². The van der Waals surface area contributed by atoms with Gasteiger partial charge < -0.3 is 10.0 Å². The number of likely N-dealkylation sites (tertiary alicyclic amines) is 1. The zero-order valence-corrected chi connectivity index (χ0v) is 11.2. The fraction of sp³-hybridized carbons (Fsp3) is 0.615. The summed E-state index contributed by atoms with van der Waals surface area (Å²) < 4.78 is 1.70. The van der Waals surface area contributed by atoms with Crippen molar-refractivity contribution in [1.82, 2.24) is 14.7 Å². The quantitative estimate of drug-likeness (QED) is 0.833. The number of aryl methyl sites for hydroxylation is 1. The number of hydrogen-bond acceptors (Lipinski definition) is 3. The molecule has 2 rings (SSSR count). The lowest BCUT2D eigenvalue weighted by molar-refractivity contribution is -0.152. The molecule has 1 saturated heterocycles. The maximum atomic E-state index is 12.2. The molecular formula is C13H19N3O3. The number of rotatable bonds is 3. The molecule has 1 aromatic rings. The maximum absolute atomic E-state index is 12.2. The van der Waals surface area contributed by atoms with Gasteiger partial charge in [-0.2, -0.15) is 5.10 Å². The summed E-state index contributed by atoms with van der Waals surface area (Å²) in [6.45, 7) is 2.07. The second kappa shape index (κ2) is 5.42. The van der Waals surface area contributed by atoms with Crippen LogP contribution in [0.5, 0.6) is 0 Å². The van der Waals surface area contributed by atoms with Crippen molar-refractivity contribution in [2.75, 3.05) is 6.54 Å². The average molecular weight is 265 g/mol. The Kier molecular flexibility index (Phi) is 3.87. The van der Waals surface area contributed by atoms with Crippen LogP contribution in [0.25, 0.3) is 0 Å². The fourth-order valence-electron chi connectivity index (χ4n) is 2.51. The third-order valence-electron chi connectivity index (χ3n) is 3.64. The summed E-state index contributed by atoms with van der Waals surface area (Å²) in [5, 5.41) is 13.1. The van der Waals surface area contributed by atoms with Crippen LogP contribution in [0.2, 0.25) is 0 Å². The van der Waals surface area contributed by atoms with Gasteiger partial charge in [0.2, 0.25) is 5.91 Å². The van der Waals surface area contributed by atoms with Crippen LogP contribution in [-0.4, -0.2) is 38.2 Å². The molecule has 0 aromatic carbocycles. The summed E-state index contributed by atoms with van der Waals surface area (Å²) in [7, 11) is 1.83. The van der Waals surface area contributed by atoms with E-state index in [9.17, 15) is 9.59 Å². The highest BCUT2D eigenvalue weighted by atomic mass is 16.4. The molecule has 2 unspecified atom stereocenters. The van der Waals surface area contributed by atoms with Gasteiger partial charge in [0, 0.05) is 25.4 Å². The molecule has 2 heterocycles. The molecule has 19 heavy (non-hydrogen) atoms. The van der Waals surface area contributed by atoms with Crippen LogP contribution in [0.15, 0.2) is 12.4 Å².